The van der Waals surface area contributed by atoms with Crippen molar-refractivity contribution in [3.05, 3.63) is 18.3 Å². The molecule has 0 fully saturated rings. The van der Waals surface area contributed by atoms with Crippen LogP contribution in [-0.2, 0) is 0 Å². The second-order valence-corrected chi connectivity index (χ2v) is 3.09. The zero-order valence-electron chi connectivity index (χ0n) is 7.48. The van der Waals surface area contributed by atoms with Crippen LogP contribution in [0.15, 0.2) is 16.8 Å². The Balaban J connectivity index is 2.33. The molecule has 0 aromatic carbocycles. The van der Waals surface area contributed by atoms with E-state index in [0.717, 1.165) is 5.56 Å². The number of aromatic nitrogens is 4. The molecule has 0 aliphatic heterocycles. The third-order valence-electron chi connectivity index (χ3n) is 1.68. The molecular weight excluding hydrogens is 168 g/mol. The minimum Gasteiger partial charge on any atom is -0.420 e. The fourth-order valence-corrected chi connectivity index (χ4v) is 0.952. The maximum atomic E-state index is 5.41. The first-order chi connectivity index (χ1) is 6.27. The number of nitrogens with one attached hydrogen (secondary N) is 1. The van der Waals surface area contributed by atoms with Crippen LogP contribution in [0.2, 0.25) is 0 Å². The summed E-state index contributed by atoms with van der Waals surface area (Å²) in [6, 6.07) is 0. The Bertz CT molecular complexity index is 377. The van der Waals surface area contributed by atoms with Crippen molar-refractivity contribution in [1.29, 1.82) is 0 Å². The lowest BCUT2D eigenvalue weighted by Crippen LogP contribution is -1.85. The van der Waals surface area contributed by atoms with Crippen LogP contribution in [0, 0.1) is 0 Å². The summed E-state index contributed by atoms with van der Waals surface area (Å²) < 4.78 is 5.41. The Morgan fingerprint density at radius 1 is 1.38 bits per heavy atom. The largest absolute Gasteiger partial charge is 0.420 e. The summed E-state index contributed by atoms with van der Waals surface area (Å²) in [5.41, 5.74) is 0.819. The van der Waals surface area contributed by atoms with Gasteiger partial charge in [-0.2, -0.15) is 5.10 Å². The maximum absolute atomic E-state index is 5.41. The van der Waals surface area contributed by atoms with Crippen molar-refractivity contribution in [3.63, 3.8) is 0 Å². The van der Waals surface area contributed by atoms with Crippen molar-refractivity contribution in [3.8, 4) is 11.5 Å². The number of H-pyrrole nitrogens is 1. The van der Waals surface area contributed by atoms with Gasteiger partial charge in [0.1, 0.15) is 0 Å². The van der Waals surface area contributed by atoms with Gasteiger partial charge in [0.25, 0.3) is 5.89 Å². The quantitative estimate of drug-likeness (QED) is 0.758. The van der Waals surface area contributed by atoms with Crippen molar-refractivity contribution >= 4 is 0 Å². The average Bonchev–Trinajstić information content (AvgIpc) is 2.75. The molecule has 2 heterocycles. The van der Waals surface area contributed by atoms with Crippen LogP contribution in [0.5, 0.6) is 0 Å². The van der Waals surface area contributed by atoms with Gasteiger partial charge in [-0.3, -0.25) is 5.10 Å². The number of aromatic amines is 1. The molecule has 0 radical (unpaired) electrons. The Morgan fingerprint density at radius 2 is 2.23 bits per heavy atom. The standard InChI is InChI=1S/C8H10N4O/c1-5(2)7-11-12-8(13-7)6-3-9-10-4-6/h3-5H,1-2H3,(H,9,10). The van der Waals surface area contributed by atoms with Gasteiger partial charge in [-0.1, -0.05) is 13.8 Å². The van der Waals surface area contributed by atoms with Gasteiger partial charge in [-0.25, -0.2) is 0 Å². The van der Waals surface area contributed by atoms with Gasteiger partial charge in [-0.05, 0) is 0 Å². The second kappa shape index (κ2) is 3.01. The first kappa shape index (κ1) is 7.97. The fraction of sp³-hybridized carbons (Fsp3) is 0.375. The number of nitrogens with zero attached hydrogens (tertiary/aromatic N) is 3. The minimum atomic E-state index is 0.258. The van der Waals surface area contributed by atoms with Crippen molar-refractivity contribution in [2.45, 2.75) is 19.8 Å². The van der Waals surface area contributed by atoms with Crippen molar-refractivity contribution in [2.24, 2.45) is 0 Å². The molecule has 1 N–H and O–H groups in total. The molecule has 0 aliphatic rings. The summed E-state index contributed by atoms with van der Waals surface area (Å²) >= 11 is 0. The van der Waals surface area contributed by atoms with Gasteiger partial charge in [-0.15, -0.1) is 10.2 Å². The molecule has 0 saturated carbocycles. The Hall–Kier alpha value is -1.65. The normalized spacial score (nSPS) is 11.0. The van der Waals surface area contributed by atoms with Crippen LogP contribution < -0.4 is 0 Å². The Labute approximate surface area is 75.2 Å². The van der Waals surface area contributed by atoms with Crippen molar-refractivity contribution in [2.75, 3.05) is 0 Å². The average molecular weight is 178 g/mol. The lowest BCUT2D eigenvalue weighted by molar-refractivity contribution is 0.481. The highest BCUT2D eigenvalue weighted by molar-refractivity contribution is 5.48. The molecule has 0 saturated heterocycles. The molecule has 68 valence electrons. The predicted octanol–water partition coefficient (Wildman–Crippen LogP) is 1.58. The van der Waals surface area contributed by atoms with E-state index < -0.39 is 0 Å². The lowest BCUT2D eigenvalue weighted by Gasteiger charge is -1.93. The highest BCUT2D eigenvalue weighted by Crippen LogP contribution is 2.19. The topological polar surface area (TPSA) is 67.6 Å². The van der Waals surface area contributed by atoms with Crippen LogP contribution >= 0.6 is 0 Å². The van der Waals surface area contributed by atoms with Gasteiger partial charge < -0.3 is 4.42 Å². The summed E-state index contributed by atoms with van der Waals surface area (Å²) in [4.78, 5) is 0. The molecule has 0 spiro atoms. The number of hydrogen-bond donors (Lipinski definition) is 1. The summed E-state index contributed by atoms with van der Waals surface area (Å²) in [6.07, 6.45) is 3.37. The van der Waals surface area contributed by atoms with Gasteiger partial charge in [0.05, 0.1) is 11.8 Å². The molecule has 0 atom stereocenters. The van der Waals surface area contributed by atoms with Gasteiger partial charge in [0.15, 0.2) is 0 Å². The Kier molecular flexibility index (Phi) is 1.84. The molecule has 2 aromatic rings. The van der Waals surface area contributed by atoms with E-state index in [-0.39, 0.29) is 5.92 Å². The summed E-state index contributed by atoms with van der Waals surface area (Å²) in [6.45, 7) is 4.01. The maximum Gasteiger partial charge on any atom is 0.250 e. The third kappa shape index (κ3) is 1.44. The van der Waals surface area contributed by atoms with Crippen LogP contribution in [0.25, 0.3) is 11.5 Å². The molecule has 0 unspecified atom stereocenters. The highest BCUT2D eigenvalue weighted by Gasteiger charge is 2.11. The molecule has 5 heteroatoms. The molecular formula is C8H10N4O. The summed E-state index contributed by atoms with van der Waals surface area (Å²) in [5.74, 6) is 1.42. The monoisotopic (exact) mass is 178 g/mol. The van der Waals surface area contributed by atoms with Crippen LogP contribution in [-0.4, -0.2) is 20.4 Å². The molecule has 13 heavy (non-hydrogen) atoms. The molecule has 0 aliphatic carbocycles. The van der Waals surface area contributed by atoms with Gasteiger partial charge >= 0.3 is 0 Å². The van der Waals surface area contributed by atoms with Crippen LogP contribution in [0.3, 0.4) is 0 Å². The van der Waals surface area contributed by atoms with E-state index in [9.17, 15) is 0 Å². The first-order valence-corrected chi connectivity index (χ1v) is 4.10. The Morgan fingerprint density at radius 3 is 2.77 bits per heavy atom. The van der Waals surface area contributed by atoms with E-state index in [0.29, 0.717) is 11.8 Å². The van der Waals surface area contributed by atoms with E-state index in [1.807, 2.05) is 13.8 Å². The lowest BCUT2D eigenvalue weighted by atomic mass is 10.2. The smallest absolute Gasteiger partial charge is 0.250 e. The van der Waals surface area contributed by atoms with E-state index in [1.165, 1.54) is 0 Å². The molecule has 2 aromatic heterocycles. The molecule has 0 bridgehead atoms. The van der Waals surface area contributed by atoms with E-state index in [4.69, 9.17) is 4.42 Å². The number of hydrogen-bond acceptors (Lipinski definition) is 4. The van der Waals surface area contributed by atoms with E-state index in [1.54, 1.807) is 12.4 Å². The highest BCUT2D eigenvalue weighted by atomic mass is 16.4. The SMILES string of the molecule is CC(C)c1nnc(-c2cn[nH]c2)o1. The van der Waals surface area contributed by atoms with E-state index in [2.05, 4.69) is 20.4 Å². The fourth-order valence-electron chi connectivity index (χ4n) is 0.952. The number of rotatable bonds is 2. The second-order valence-electron chi connectivity index (χ2n) is 3.09. The van der Waals surface area contributed by atoms with Crippen LogP contribution in [0.4, 0.5) is 0 Å². The summed E-state index contributed by atoms with van der Waals surface area (Å²) in [5, 5.41) is 14.3. The van der Waals surface area contributed by atoms with Crippen molar-refractivity contribution < 1.29 is 4.42 Å². The summed E-state index contributed by atoms with van der Waals surface area (Å²) in [7, 11) is 0. The zero-order chi connectivity index (χ0) is 9.26. The molecule has 0 amide bonds. The zero-order valence-corrected chi connectivity index (χ0v) is 7.48. The minimum absolute atomic E-state index is 0.258. The molecule has 5 nitrogen and oxygen atoms in total. The molecule has 2 rings (SSSR count). The van der Waals surface area contributed by atoms with Crippen molar-refractivity contribution in [1.82, 2.24) is 20.4 Å². The van der Waals surface area contributed by atoms with Gasteiger partial charge in [0, 0.05) is 12.1 Å². The predicted molar refractivity (Wildman–Crippen MR) is 46.0 cm³/mol. The van der Waals surface area contributed by atoms with Gasteiger partial charge in [0.2, 0.25) is 5.89 Å². The van der Waals surface area contributed by atoms with Crippen LogP contribution in [0.1, 0.15) is 25.7 Å². The van der Waals surface area contributed by atoms with E-state index >= 15 is 0 Å². The third-order valence-corrected chi connectivity index (χ3v) is 1.68. The first-order valence-electron chi connectivity index (χ1n) is 4.10.